The topological polar surface area (TPSA) is 20.3 Å². The van der Waals surface area contributed by atoms with E-state index >= 15 is 0 Å². The highest BCUT2D eigenvalue weighted by Crippen LogP contribution is 2.42. The first-order valence-electron chi connectivity index (χ1n) is 8.90. The van der Waals surface area contributed by atoms with E-state index in [1.165, 1.54) is 10.5 Å². The van der Waals surface area contributed by atoms with Gasteiger partial charge in [0.05, 0.1) is 12.1 Å². The van der Waals surface area contributed by atoms with Gasteiger partial charge < -0.3 is 4.90 Å². The molecule has 2 atom stereocenters. The Labute approximate surface area is 158 Å². The smallest absolute Gasteiger partial charge is 0.255 e. The molecule has 1 aliphatic rings. The summed E-state index contributed by atoms with van der Waals surface area (Å²) in [7, 11) is 0. The lowest BCUT2D eigenvalue weighted by molar-refractivity contribution is 0.0663. The largest absolute Gasteiger partial charge is 0.324 e. The van der Waals surface area contributed by atoms with E-state index in [1.54, 1.807) is 11.8 Å². The van der Waals surface area contributed by atoms with E-state index in [-0.39, 0.29) is 18.0 Å². The van der Waals surface area contributed by atoms with Crippen molar-refractivity contribution >= 4 is 17.7 Å². The Bertz CT molecular complexity index is 894. The van der Waals surface area contributed by atoms with Crippen molar-refractivity contribution in [1.29, 1.82) is 0 Å². The number of nitrogens with zero attached hydrogens (tertiary/aromatic N) is 1. The summed E-state index contributed by atoms with van der Waals surface area (Å²) in [5, 5.41) is 0. The van der Waals surface area contributed by atoms with Crippen LogP contribution in [-0.2, 0) is 0 Å². The van der Waals surface area contributed by atoms with Gasteiger partial charge in [-0.1, -0.05) is 66.7 Å². The van der Waals surface area contributed by atoms with Crippen molar-refractivity contribution < 1.29 is 4.79 Å². The molecule has 1 heterocycles. The Morgan fingerprint density at radius 1 is 0.885 bits per heavy atom. The molecule has 4 rings (SSSR count). The first-order valence-corrected chi connectivity index (χ1v) is 9.88. The fourth-order valence-electron chi connectivity index (χ4n) is 3.61. The Balaban J connectivity index is 1.66. The Kier molecular flexibility index (Phi) is 4.81. The number of fused-ring (bicyclic) bond motifs is 1. The average Bonchev–Trinajstić information content (AvgIpc) is 2.99. The molecule has 0 spiro atoms. The molecule has 0 aliphatic carbocycles. The lowest BCUT2D eigenvalue weighted by atomic mass is 10.0. The number of rotatable bonds is 5. The minimum Gasteiger partial charge on any atom is -0.324 e. The highest BCUT2D eigenvalue weighted by Gasteiger charge is 2.39. The molecule has 3 aromatic carbocycles. The molecular formula is C23H21NOS. The van der Waals surface area contributed by atoms with E-state index in [9.17, 15) is 4.79 Å². The minimum absolute atomic E-state index is 0.0393. The Morgan fingerprint density at radius 3 is 2.23 bits per heavy atom. The van der Waals surface area contributed by atoms with Crippen LogP contribution in [0, 0.1) is 0 Å². The van der Waals surface area contributed by atoms with Crippen LogP contribution in [0.15, 0.2) is 89.8 Å². The van der Waals surface area contributed by atoms with Crippen LogP contribution in [0.4, 0.5) is 0 Å². The van der Waals surface area contributed by atoms with Gasteiger partial charge in [0.1, 0.15) is 0 Å². The number of hydrogen-bond acceptors (Lipinski definition) is 2. The van der Waals surface area contributed by atoms with Gasteiger partial charge in [0, 0.05) is 16.2 Å². The number of benzene rings is 3. The first kappa shape index (κ1) is 16.9. The van der Waals surface area contributed by atoms with Crippen molar-refractivity contribution in [3.05, 3.63) is 102 Å². The van der Waals surface area contributed by atoms with Crippen LogP contribution in [0.1, 0.15) is 40.5 Å². The minimum atomic E-state index is 0.0393. The summed E-state index contributed by atoms with van der Waals surface area (Å²) in [6.45, 7) is 2.12. The van der Waals surface area contributed by atoms with E-state index in [2.05, 4.69) is 54.3 Å². The zero-order chi connectivity index (χ0) is 17.9. The summed E-state index contributed by atoms with van der Waals surface area (Å²) in [6, 6.07) is 28.8. The SMILES string of the molecule is C[C@@H](c1ccccc1)N1C(=O)c2ccccc2[C@@H]1CSc1ccccc1. The summed E-state index contributed by atoms with van der Waals surface area (Å²) in [6.07, 6.45) is 0. The number of thioether (sulfide) groups is 1. The summed E-state index contributed by atoms with van der Waals surface area (Å²) in [5.74, 6) is 0.986. The van der Waals surface area contributed by atoms with Gasteiger partial charge in [0.2, 0.25) is 0 Å². The summed E-state index contributed by atoms with van der Waals surface area (Å²) in [5.41, 5.74) is 3.15. The van der Waals surface area contributed by atoms with Gasteiger partial charge in [-0.2, -0.15) is 0 Å². The second kappa shape index (κ2) is 7.38. The van der Waals surface area contributed by atoms with Crippen molar-refractivity contribution in [3.63, 3.8) is 0 Å². The normalized spacial score (nSPS) is 17.2. The van der Waals surface area contributed by atoms with Gasteiger partial charge in [-0.3, -0.25) is 4.79 Å². The summed E-state index contributed by atoms with van der Waals surface area (Å²) >= 11 is 1.81. The third kappa shape index (κ3) is 3.15. The zero-order valence-electron chi connectivity index (χ0n) is 14.7. The van der Waals surface area contributed by atoms with Crippen LogP contribution in [0.3, 0.4) is 0 Å². The number of hydrogen-bond donors (Lipinski definition) is 0. The molecule has 3 heteroatoms. The summed E-state index contributed by atoms with van der Waals surface area (Å²) in [4.78, 5) is 16.4. The van der Waals surface area contributed by atoms with E-state index in [0.29, 0.717) is 0 Å². The second-order valence-corrected chi connectivity index (χ2v) is 7.62. The first-order chi connectivity index (χ1) is 12.8. The molecule has 26 heavy (non-hydrogen) atoms. The molecule has 3 aromatic rings. The number of carbonyl (C=O) groups is 1. The van der Waals surface area contributed by atoms with E-state index in [0.717, 1.165) is 16.9 Å². The van der Waals surface area contributed by atoms with Crippen molar-refractivity contribution in [3.8, 4) is 0 Å². The van der Waals surface area contributed by atoms with Crippen LogP contribution < -0.4 is 0 Å². The standard InChI is InChI=1S/C23H21NOS/c1-17(18-10-4-2-5-11-18)24-22(16-26-19-12-6-3-7-13-19)20-14-8-9-15-21(20)23(24)25/h2-15,17,22H,16H2,1H3/t17-,22-/m0/s1. The quantitative estimate of drug-likeness (QED) is 0.542. The monoisotopic (exact) mass is 359 g/mol. The third-order valence-corrected chi connectivity index (χ3v) is 6.06. The molecule has 0 saturated heterocycles. The average molecular weight is 359 g/mol. The number of amides is 1. The van der Waals surface area contributed by atoms with Gasteiger partial charge in [0.15, 0.2) is 0 Å². The van der Waals surface area contributed by atoms with Crippen molar-refractivity contribution in [2.45, 2.75) is 23.9 Å². The van der Waals surface area contributed by atoms with Gasteiger partial charge in [-0.25, -0.2) is 0 Å². The molecular weight excluding hydrogens is 338 g/mol. The lowest BCUT2D eigenvalue weighted by Crippen LogP contribution is -2.32. The van der Waals surface area contributed by atoms with Crippen molar-refractivity contribution in [2.75, 3.05) is 5.75 Å². The number of carbonyl (C=O) groups excluding carboxylic acids is 1. The third-order valence-electron chi connectivity index (χ3n) is 4.97. The van der Waals surface area contributed by atoms with Crippen LogP contribution in [0.5, 0.6) is 0 Å². The molecule has 0 fully saturated rings. The Hall–Kier alpha value is -2.52. The fourth-order valence-corrected chi connectivity index (χ4v) is 4.65. The van der Waals surface area contributed by atoms with Gasteiger partial charge in [0.25, 0.3) is 5.91 Å². The van der Waals surface area contributed by atoms with Gasteiger partial charge in [-0.15, -0.1) is 11.8 Å². The second-order valence-electron chi connectivity index (χ2n) is 6.53. The molecule has 1 amide bonds. The van der Waals surface area contributed by atoms with E-state index < -0.39 is 0 Å². The zero-order valence-corrected chi connectivity index (χ0v) is 15.5. The predicted octanol–water partition coefficient (Wildman–Crippen LogP) is 5.74. The summed E-state index contributed by atoms with van der Waals surface area (Å²) < 4.78 is 0. The molecule has 130 valence electrons. The molecule has 0 saturated carbocycles. The molecule has 0 bridgehead atoms. The van der Waals surface area contributed by atoms with Gasteiger partial charge in [-0.05, 0) is 36.2 Å². The highest BCUT2D eigenvalue weighted by atomic mass is 32.2. The van der Waals surface area contributed by atoms with Crippen molar-refractivity contribution in [1.82, 2.24) is 4.90 Å². The van der Waals surface area contributed by atoms with E-state index in [1.807, 2.05) is 42.5 Å². The Morgan fingerprint density at radius 2 is 1.50 bits per heavy atom. The van der Waals surface area contributed by atoms with Gasteiger partial charge >= 0.3 is 0 Å². The van der Waals surface area contributed by atoms with Crippen LogP contribution in [-0.4, -0.2) is 16.6 Å². The van der Waals surface area contributed by atoms with Crippen LogP contribution in [0.2, 0.25) is 0 Å². The maximum atomic E-state index is 13.1. The molecule has 0 aromatic heterocycles. The lowest BCUT2D eigenvalue weighted by Gasteiger charge is -2.31. The van der Waals surface area contributed by atoms with E-state index in [4.69, 9.17) is 0 Å². The highest BCUT2D eigenvalue weighted by molar-refractivity contribution is 7.99. The van der Waals surface area contributed by atoms with Crippen molar-refractivity contribution in [2.24, 2.45) is 0 Å². The van der Waals surface area contributed by atoms with Crippen LogP contribution >= 0.6 is 11.8 Å². The maximum Gasteiger partial charge on any atom is 0.255 e. The molecule has 0 radical (unpaired) electrons. The maximum absolute atomic E-state index is 13.1. The predicted molar refractivity (Wildman–Crippen MR) is 107 cm³/mol. The molecule has 0 N–H and O–H groups in total. The molecule has 0 unspecified atom stereocenters. The van der Waals surface area contributed by atoms with Crippen LogP contribution in [0.25, 0.3) is 0 Å². The molecule has 2 nitrogen and oxygen atoms in total. The molecule has 1 aliphatic heterocycles. The fraction of sp³-hybridized carbons (Fsp3) is 0.174.